The Bertz CT molecular complexity index is 584. The number of nitrogens with zero attached hydrogens (tertiary/aromatic N) is 1. The molecule has 0 fully saturated rings. The van der Waals surface area contributed by atoms with Gasteiger partial charge in [0.2, 0.25) is 10.0 Å². The Labute approximate surface area is 119 Å². The van der Waals surface area contributed by atoms with Crippen LogP contribution < -0.4 is 5.73 Å². The monoisotopic (exact) mass is 300 g/mol. The van der Waals surface area contributed by atoms with Gasteiger partial charge in [0, 0.05) is 25.7 Å². The van der Waals surface area contributed by atoms with E-state index in [4.69, 9.17) is 5.73 Å². The molecule has 0 spiro atoms. The zero-order chi connectivity index (χ0) is 15.3. The zero-order valence-electron chi connectivity index (χ0n) is 11.9. The number of methoxy groups -OCH3 is 1. The molecule has 7 heteroatoms. The standard InChI is InChI=1S/C13H20N2O4S/c1-10-6-7-11(14)9-12(10)20(17,18)15(2)8-4-5-13(16)19-3/h6-7,9H,4-5,8,14H2,1-3H3. The molecule has 1 aromatic carbocycles. The number of rotatable bonds is 6. The van der Waals surface area contributed by atoms with E-state index in [1.54, 1.807) is 19.1 Å². The van der Waals surface area contributed by atoms with E-state index in [1.807, 2.05) is 0 Å². The van der Waals surface area contributed by atoms with Crippen LogP contribution >= 0.6 is 0 Å². The number of nitrogen functional groups attached to an aromatic ring is 1. The number of aryl methyl sites for hydroxylation is 1. The molecule has 1 rings (SSSR count). The van der Waals surface area contributed by atoms with Crippen LogP contribution in [0.2, 0.25) is 0 Å². The quantitative estimate of drug-likeness (QED) is 0.629. The van der Waals surface area contributed by atoms with Crippen molar-refractivity contribution in [1.82, 2.24) is 4.31 Å². The number of carbonyl (C=O) groups is 1. The highest BCUT2D eigenvalue weighted by Gasteiger charge is 2.22. The van der Waals surface area contributed by atoms with E-state index in [0.29, 0.717) is 17.7 Å². The molecule has 0 aliphatic rings. The summed E-state index contributed by atoms with van der Waals surface area (Å²) in [6.45, 7) is 1.96. The number of nitrogens with two attached hydrogens (primary N) is 1. The van der Waals surface area contributed by atoms with Crippen LogP contribution in [0.15, 0.2) is 23.1 Å². The van der Waals surface area contributed by atoms with Crippen molar-refractivity contribution in [2.45, 2.75) is 24.7 Å². The number of ether oxygens (including phenoxy) is 1. The molecule has 0 aromatic heterocycles. The van der Waals surface area contributed by atoms with Crippen LogP contribution in [-0.4, -0.2) is 39.4 Å². The van der Waals surface area contributed by atoms with E-state index >= 15 is 0 Å². The second-order valence-electron chi connectivity index (χ2n) is 4.53. The zero-order valence-corrected chi connectivity index (χ0v) is 12.7. The summed E-state index contributed by atoms with van der Waals surface area (Å²) in [5.74, 6) is -0.351. The molecular weight excluding hydrogens is 280 g/mol. The summed E-state index contributed by atoms with van der Waals surface area (Å²) < 4.78 is 30.5. The van der Waals surface area contributed by atoms with Gasteiger partial charge in [0.1, 0.15) is 0 Å². The molecule has 20 heavy (non-hydrogen) atoms. The Kier molecular flexibility index (Phi) is 5.52. The third-order valence-corrected chi connectivity index (χ3v) is 4.98. The normalized spacial score (nSPS) is 11.6. The van der Waals surface area contributed by atoms with Gasteiger partial charge in [-0.15, -0.1) is 0 Å². The predicted octanol–water partition coefficient (Wildman–Crippen LogP) is 1.15. The van der Waals surface area contributed by atoms with Crippen LogP contribution in [-0.2, 0) is 19.6 Å². The maximum atomic E-state index is 12.4. The second kappa shape index (κ2) is 6.71. The lowest BCUT2D eigenvalue weighted by atomic mass is 10.2. The van der Waals surface area contributed by atoms with E-state index in [9.17, 15) is 13.2 Å². The molecule has 0 aliphatic heterocycles. The summed E-state index contributed by atoms with van der Waals surface area (Å²) in [6, 6.07) is 4.78. The van der Waals surface area contributed by atoms with Crippen molar-refractivity contribution in [2.24, 2.45) is 0 Å². The van der Waals surface area contributed by atoms with Crippen molar-refractivity contribution in [3.63, 3.8) is 0 Å². The molecule has 0 saturated carbocycles. The van der Waals surface area contributed by atoms with E-state index in [0.717, 1.165) is 0 Å². The van der Waals surface area contributed by atoms with Gasteiger partial charge in [0.25, 0.3) is 0 Å². The minimum absolute atomic E-state index is 0.187. The highest BCUT2D eigenvalue weighted by Crippen LogP contribution is 2.21. The van der Waals surface area contributed by atoms with Gasteiger partial charge in [0.05, 0.1) is 12.0 Å². The van der Waals surface area contributed by atoms with Crippen molar-refractivity contribution in [1.29, 1.82) is 0 Å². The van der Waals surface area contributed by atoms with Gasteiger partial charge < -0.3 is 10.5 Å². The molecule has 112 valence electrons. The summed E-state index contributed by atoms with van der Waals surface area (Å²) in [7, 11) is -0.810. The fourth-order valence-corrected chi connectivity index (χ4v) is 3.20. The molecule has 0 amide bonds. The molecule has 1 aromatic rings. The van der Waals surface area contributed by atoms with Crippen molar-refractivity contribution >= 4 is 21.7 Å². The van der Waals surface area contributed by atoms with Crippen molar-refractivity contribution in [2.75, 3.05) is 26.4 Å². The van der Waals surface area contributed by atoms with Crippen LogP contribution in [0.1, 0.15) is 18.4 Å². The molecule has 0 heterocycles. The van der Waals surface area contributed by atoms with Gasteiger partial charge in [-0.25, -0.2) is 12.7 Å². The molecule has 0 unspecified atom stereocenters. The van der Waals surface area contributed by atoms with Gasteiger partial charge >= 0.3 is 5.97 Å². The van der Waals surface area contributed by atoms with Gasteiger partial charge in [-0.2, -0.15) is 0 Å². The Hall–Kier alpha value is -1.60. The second-order valence-corrected chi connectivity index (χ2v) is 6.54. The maximum Gasteiger partial charge on any atom is 0.305 e. The van der Waals surface area contributed by atoms with Crippen LogP contribution in [0.3, 0.4) is 0 Å². The number of esters is 1. The molecule has 0 bridgehead atoms. The highest BCUT2D eigenvalue weighted by atomic mass is 32.2. The van der Waals surface area contributed by atoms with Gasteiger partial charge in [-0.05, 0) is 31.0 Å². The van der Waals surface area contributed by atoms with Crippen LogP contribution in [0.5, 0.6) is 0 Å². The Morgan fingerprint density at radius 1 is 1.40 bits per heavy atom. The first kappa shape index (κ1) is 16.5. The number of carbonyl (C=O) groups excluding carboxylic acids is 1. The highest BCUT2D eigenvalue weighted by molar-refractivity contribution is 7.89. The Morgan fingerprint density at radius 3 is 2.65 bits per heavy atom. The third kappa shape index (κ3) is 3.94. The average molecular weight is 300 g/mol. The summed E-state index contributed by atoms with van der Waals surface area (Å²) in [4.78, 5) is 11.2. The SMILES string of the molecule is COC(=O)CCCN(C)S(=O)(=O)c1cc(N)ccc1C. The number of anilines is 1. The molecule has 0 atom stereocenters. The summed E-state index contributed by atoms with van der Waals surface area (Å²) in [5, 5.41) is 0. The lowest BCUT2D eigenvalue weighted by molar-refractivity contribution is -0.140. The summed E-state index contributed by atoms with van der Waals surface area (Å²) in [6.07, 6.45) is 0.593. The van der Waals surface area contributed by atoms with E-state index in [2.05, 4.69) is 4.74 Å². The lowest BCUT2D eigenvalue weighted by Crippen LogP contribution is -2.29. The van der Waals surface area contributed by atoms with Crippen LogP contribution in [0.25, 0.3) is 0 Å². The van der Waals surface area contributed by atoms with Crippen molar-refractivity contribution < 1.29 is 17.9 Å². The molecule has 0 aliphatic carbocycles. The molecule has 6 nitrogen and oxygen atoms in total. The Balaban J connectivity index is 2.82. The maximum absolute atomic E-state index is 12.4. The van der Waals surface area contributed by atoms with Gasteiger partial charge in [0.15, 0.2) is 0 Å². The smallest absolute Gasteiger partial charge is 0.305 e. The largest absolute Gasteiger partial charge is 0.469 e. The predicted molar refractivity (Wildman–Crippen MR) is 76.7 cm³/mol. The molecule has 0 saturated heterocycles. The first-order valence-corrected chi connectivity index (χ1v) is 7.62. The third-order valence-electron chi connectivity index (χ3n) is 2.98. The number of hydrogen-bond acceptors (Lipinski definition) is 5. The van der Waals surface area contributed by atoms with E-state index in [-0.39, 0.29) is 23.8 Å². The lowest BCUT2D eigenvalue weighted by Gasteiger charge is -2.18. The fraction of sp³-hybridized carbons (Fsp3) is 0.462. The first-order chi connectivity index (χ1) is 9.28. The first-order valence-electron chi connectivity index (χ1n) is 6.18. The summed E-state index contributed by atoms with van der Waals surface area (Å²) in [5.41, 5.74) is 6.68. The minimum Gasteiger partial charge on any atom is -0.469 e. The van der Waals surface area contributed by atoms with E-state index in [1.165, 1.54) is 24.5 Å². The van der Waals surface area contributed by atoms with Crippen LogP contribution in [0, 0.1) is 6.92 Å². The molecular formula is C13H20N2O4S. The fourth-order valence-electron chi connectivity index (χ4n) is 1.73. The van der Waals surface area contributed by atoms with Gasteiger partial charge in [-0.3, -0.25) is 4.79 Å². The van der Waals surface area contributed by atoms with Crippen molar-refractivity contribution in [3.05, 3.63) is 23.8 Å². The van der Waals surface area contributed by atoms with Crippen LogP contribution in [0.4, 0.5) is 5.69 Å². The Morgan fingerprint density at radius 2 is 2.05 bits per heavy atom. The summed E-state index contributed by atoms with van der Waals surface area (Å²) >= 11 is 0. The minimum atomic E-state index is -3.60. The topological polar surface area (TPSA) is 89.7 Å². The number of hydrogen-bond donors (Lipinski definition) is 1. The number of benzene rings is 1. The molecule has 2 N–H and O–H groups in total. The van der Waals surface area contributed by atoms with Gasteiger partial charge in [-0.1, -0.05) is 6.07 Å². The average Bonchev–Trinajstić information content (AvgIpc) is 2.40. The number of sulfonamides is 1. The van der Waals surface area contributed by atoms with E-state index < -0.39 is 10.0 Å². The molecule has 0 radical (unpaired) electrons. The van der Waals surface area contributed by atoms with Crippen molar-refractivity contribution in [3.8, 4) is 0 Å².